The number of benzene rings is 2. The van der Waals surface area contributed by atoms with Crippen molar-refractivity contribution in [3.63, 3.8) is 0 Å². The lowest BCUT2D eigenvalue weighted by molar-refractivity contribution is -0.274. The van der Waals surface area contributed by atoms with E-state index in [1.165, 1.54) is 12.1 Å². The van der Waals surface area contributed by atoms with E-state index in [-0.39, 0.29) is 23.5 Å². The molecule has 0 aliphatic carbocycles. The summed E-state index contributed by atoms with van der Waals surface area (Å²) >= 11 is 0. The Balaban J connectivity index is 1.71. The van der Waals surface area contributed by atoms with Gasteiger partial charge in [-0.05, 0) is 47.3 Å². The van der Waals surface area contributed by atoms with Gasteiger partial charge in [0.1, 0.15) is 5.75 Å². The molecule has 0 bridgehead atoms. The van der Waals surface area contributed by atoms with Gasteiger partial charge in [-0.2, -0.15) is 0 Å². The molecule has 1 aliphatic heterocycles. The van der Waals surface area contributed by atoms with E-state index >= 15 is 0 Å². The molecule has 25 heavy (non-hydrogen) atoms. The minimum absolute atomic E-state index is 0.0689. The van der Waals surface area contributed by atoms with Crippen molar-refractivity contribution < 1.29 is 32.4 Å². The number of ether oxygens (including phenoxy) is 1. The zero-order valence-electron chi connectivity index (χ0n) is 13.0. The first kappa shape index (κ1) is 17.5. The normalized spacial score (nSPS) is 14.2. The summed E-state index contributed by atoms with van der Waals surface area (Å²) in [7, 11) is -1.00. The van der Waals surface area contributed by atoms with Gasteiger partial charge in [0.05, 0.1) is 0 Å². The number of halogens is 3. The summed E-state index contributed by atoms with van der Waals surface area (Å²) in [6.07, 6.45) is -4.00. The number of ketones is 1. The summed E-state index contributed by atoms with van der Waals surface area (Å²) in [4.78, 5) is 12.3. The Labute approximate surface area is 142 Å². The van der Waals surface area contributed by atoms with Gasteiger partial charge in [0.15, 0.2) is 5.78 Å². The fourth-order valence-corrected chi connectivity index (χ4v) is 2.71. The molecule has 4 nitrogen and oxygen atoms in total. The van der Waals surface area contributed by atoms with Crippen LogP contribution in [0.1, 0.15) is 21.5 Å². The number of Topliss-reactive ketones (excluding diaryl/α,β-unsaturated/α-hetero) is 1. The third-order valence-electron chi connectivity index (χ3n) is 3.90. The smallest absolute Gasteiger partial charge is 0.423 e. The van der Waals surface area contributed by atoms with Gasteiger partial charge in [0.2, 0.25) is 0 Å². The van der Waals surface area contributed by atoms with Crippen LogP contribution in [0.3, 0.4) is 0 Å². The van der Waals surface area contributed by atoms with Crippen molar-refractivity contribution in [3.05, 3.63) is 59.2 Å². The van der Waals surface area contributed by atoms with E-state index in [0.29, 0.717) is 24.1 Å². The average Bonchev–Trinajstić information content (AvgIpc) is 2.55. The van der Waals surface area contributed by atoms with E-state index in [1.807, 2.05) is 6.07 Å². The van der Waals surface area contributed by atoms with Crippen molar-refractivity contribution in [1.82, 2.24) is 0 Å². The number of carbonyl (C=O) groups excluding carboxylic acids is 1. The molecule has 0 aromatic heterocycles. The van der Waals surface area contributed by atoms with Gasteiger partial charge in [0, 0.05) is 18.6 Å². The first-order valence-corrected chi connectivity index (χ1v) is 7.62. The van der Waals surface area contributed by atoms with Gasteiger partial charge < -0.3 is 14.4 Å². The zero-order valence-corrected chi connectivity index (χ0v) is 13.0. The summed E-state index contributed by atoms with van der Waals surface area (Å²) in [6, 6.07) is 10.2. The highest BCUT2D eigenvalue weighted by Gasteiger charge is 2.31. The largest absolute Gasteiger partial charge is 0.573 e. The number of rotatable bonds is 4. The van der Waals surface area contributed by atoms with Crippen LogP contribution < -0.4 is 10.2 Å². The molecular weight excluding hydrogens is 336 g/mol. The second-order valence-electron chi connectivity index (χ2n) is 5.68. The summed E-state index contributed by atoms with van der Waals surface area (Å²) in [5.41, 5.74) is 2.60. The standard InChI is InChI=1S/C17H14BF3O4/c19-17(20,21)25-14-5-3-13(4-6-14)16(22)10-11-1-2-12-7-8-24-18(23)15(12)9-11/h1-6,9,23H,7-8,10H2. The Morgan fingerprint density at radius 2 is 1.92 bits per heavy atom. The monoisotopic (exact) mass is 350 g/mol. The third-order valence-corrected chi connectivity index (χ3v) is 3.90. The van der Waals surface area contributed by atoms with Crippen molar-refractivity contribution in [2.24, 2.45) is 0 Å². The fraction of sp³-hybridized carbons (Fsp3) is 0.235. The first-order chi connectivity index (χ1) is 11.8. The average molecular weight is 350 g/mol. The molecule has 3 rings (SSSR count). The number of hydrogen-bond acceptors (Lipinski definition) is 4. The predicted molar refractivity (Wildman–Crippen MR) is 84.9 cm³/mol. The first-order valence-electron chi connectivity index (χ1n) is 7.62. The van der Waals surface area contributed by atoms with Gasteiger partial charge in [-0.15, -0.1) is 13.2 Å². The van der Waals surface area contributed by atoms with Crippen molar-refractivity contribution in [3.8, 4) is 5.75 Å². The number of alkyl halides is 3. The molecule has 0 fully saturated rings. The Morgan fingerprint density at radius 1 is 1.20 bits per heavy atom. The van der Waals surface area contributed by atoms with Crippen LogP contribution in [0.15, 0.2) is 42.5 Å². The van der Waals surface area contributed by atoms with Gasteiger partial charge in [-0.3, -0.25) is 4.79 Å². The van der Waals surface area contributed by atoms with Gasteiger partial charge in [-0.1, -0.05) is 18.2 Å². The molecule has 2 aromatic rings. The van der Waals surface area contributed by atoms with Gasteiger partial charge in [-0.25, -0.2) is 0 Å². The Kier molecular flexibility index (Phi) is 4.83. The maximum atomic E-state index is 12.3. The minimum Gasteiger partial charge on any atom is -0.423 e. The molecule has 8 heteroatoms. The van der Waals surface area contributed by atoms with Crippen LogP contribution in [0, 0.1) is 0 Å². The SMILES string of the molecule is O=C(Cc1ccc2c(c1)B(O)OCC2)c1ccc(OC(F)(F)F)cc1. The predicted octanol–water partition coefficient (Wildman–Crippen LogP) is 2.27. The van der Waals surface area contributed by atoms with E-state index in [0.717, 1.165) is 17.7 Å². The zero-order chi connectivity index (χ0) is 18.0. The topological polar surface area (TPSA) is 55.8 Å². The van der Waals surface area contributed by atoms with Crippen molar-refractivity contribution in [1.29, 1.82) is 0 Å². The van der Waals surface area contributed by atoms with E-state index in [9.17, 15) is 23.0 Å². The quantitative estimate of drug-likeness (QED) is 0.679. The molecule has 0 amide bonds. The molecule has 0 radical (unpaired) electrons. The molecule has 0 spiro atoms. The van der Waals surface area contributed by atoms with Gasteiger partial charge in [0.25, 0.3) is 0 Å². The van der Waals surface area contributed by atoms with Crippen LogP contribution >= 0.6 is 0 Å². The highest BCUT2D eigenvalue weighted by Crippen LogP contribution is 2.23. The highest BCUT2D eigenvalue weighted by molar-refractivity contribution is 6.60. The maximum Gasteiger partial charge on any atom is 0.573 e. The summed E-state index contributed by atoms with van der Waals surface area (Å²) < 4.78 is 45.4. The van der Waals surface area contributed by atoms with Crippen LogP contribution in [-0.4, -0.2) is 30.9 Å². The molecule has 2 aromatic carbocycles. The molecular formula is C17H14BF3O4. The highest BCUT2D eigenvalue weighted by atomic mass is 19.4. The van der Waals surface area contributed by atoms with E-state index in [2.05, 4.69) is 4.74 Å². The molecule has 0 unspecified atom stereocenters. The van der Waals surface area contributed by atoms with E-state index in [4.69, 9.17) is 4.65 Å². The third kappa shape index (κ3) is 4.40. The maximum absolute atomic E-state index is 12.3. The summed E-state index contributed by atoms with van der Waals surface area (Å²) in [6.45, 7) is 0.443. The molecule has 0 saturated carbocycles. The van der Waals surface area contributed by atoms with Crippen LogP contribution in [0.25, 0.3) is 0 Å². The lowest BCUT2D eigenvalue weighted by Gasteiger charge is -2.19. The second kappa shape index (κ2) is 6.89. The van der Waals surface area contributed by atoms with Crippen molar-refractivity contribution in [2.45, 2.75) is 19.2 Å². The molecule has 0 saturated heterocycles. The Hall–Kier alpha value is -2.32. The number of fused-ring (bicyclic) bond motifs is 1. The number of hydrogen-bond donors (Lipinski definition) is 1. The fourth-order valence-electron chi connectivity index (χ4n) is 2.71. The second-order valence-corrected chi connectivity index (χ2v) is 5.68. The van der Waals surface area contributed by atoms with Crippen molar-refractivity contribution >= 4 is 18.4 Å². The summed E-state index contributed by atoms with van der Waals surface area (Å²) in [5, 5.41) is 9.85. The van der Waals surface area contributed by atoms with Crippen LogP contribution in [-0.2, 0) is 17.5 Å². The minimum atomic E-state index is -4.77. The number of carbonyl (C=O) groups is 1. The van der Waals surface area contributed by atoms with Crippen LogP contribution in [0.2, 0.25) is 0 Å². The molecule has 0 atom stereocenters. The summed E-state index contributed by atoms with van der Waals surface area (Å²) in [5.74, 6) is -0.622. The van der Waals surface area contributed by atoms with E-state index in [1.54, 1.807) is 12.1 Å². The van der Waals surface area contributed by atoms with Gasteiger partial charge >= 0.3 is 13.5 Å². The Morgan fingerprint density at radius 3 is 2.60 bits per heavy atom. The van der Waals surface area contributed by atoms with E-state index < -0.39 is 13.5 Å². The molecule has 1 N–H and O–H groups in total. The van der Waals surface area contributed by atoms with Crippen molar-refractivity contribution in [2.75, 3.05) is 6.61 Å². The Bertz CT molecular complexity index is 774. The molecule has 1 aliphatic rings. The lowest BCUT2D eigenvalue weighted by atomic mass is 9.73. The molecule has 1 heterocycles. The van der Waals surface area contributed by atoms with Crippen LogP contribution in [0.5, 0.6) is 5.75 Å². The van der Waals surface area contributed by atoms with Crippen LogP contribution in [0.4, 0.5) is 13.2 Å². The molecule has 130 valence electrons. The lowest BCUT2D eigenvalue weighted by Crippen LogP contribution is -2.41.